The minimum atomic E-state index is -0.935. The Morgan fingerprint density at radius 1 is 1.11 bits per heavy atom. The maximum absolute atomic E-state index is 12.7. The molecular weight excluding hydrogens is 478 g/mol. The highest BCUT2D eigenvalue weighted by Gasteiger charge is 2.30. The number of rotatable bonds is 3. The minimum Gasteiger partial charge on any atom is -0.508 e. The van der Waals surface area contributed by atoms with Crippen molar-refractivity contribution in [1.82, 2.24) is 0 Å². The lowest BCUT2D eigenvalue weighted by Crippen LogP contribution is -2.37. The summed E-state index contributed by atoms with van der Waals surface area (Å²) in [6, 6.07) is 4.76. The van der Waals surface area contributed by atoms with E-state index in [2.05, 4.69) is 0 Å². The molecule has 0 aliphatic carbocycles. The third-order valence-corrected chi connectivity index (χ3v) is 6.68. The summed E-state index contributed by atoms with van der Waals surface area (Å²) >= 11 is 0. The van der Waals surface area contributed by atoms with Crippen LogP contribution in [0.1, 0.15) is 52.5 Å². The number of phenols is 1. The second kappa shape index (κ2) is 14.2. The number of esters is 1. The summed E-state index contributed by atoms with van der Waals surface area (Å²) in [4.78, 5) is 24.3. The van der Waals surface area contributed by atoms with Crippen molar-refractivity contribution >= 4 is 12.1 Å². The molecule has 2 bridgehead atoms. The number of fused-ring (bicyclic) bond motifs is 2. The van der Waals surface area contributed by atoms with Crippen LogP contribution in [-0.4, -0.2) is 60.9 Å². The number of benzene rings is 1. The fourth-order valence-corrected chi connectivity index (χ4v) is 4.74. The van der Waals surface area contributed by atoms with Crippen LogP contribution >= 0.6 is 0 Å². The van der Waals surface area contributed by atoms with Crippen molar-refractivity contribution in [3.05, 3.63) is 47.1 Å². The Balaban J connectivity index is 2.47. The van der Waals surface area contributed by atoms with Crippen LogP contribution in [0, 0.1) is 11.8 Å². The van der Waals surface area contributed by atoms with E-state index in [1.165, 1.54) is 13.2 Å². The molecule has 1 heterocycles. The Kier molecular flexibility index (Phi) is 11.6. The lowest BCUT2D eigenvalue weighted by molar-refractivity contribution is -0.130. The highest BCUT2D eigenvalue weighted by Crippen LogP contribution is 2.28. The first-order chi connectivity index (χ1) is 17.4. The Labute approximate surface area is 219 Å². The van der Waals surface area contributed by atoms with Crippen LogP contribution in [0.3, 0.4) is 0 Å². The van der Waals surface area contributed by atoms with E-state index >= 15 is 0 Å². The Bertz CT molecular complexity index is 988. The van der Waals surface area contributed by atoms with E-state index in [0.29, 0.717) is 36.8 Å². The summed E-state index contributed by atoms with van der Waals surface area (Å²) in [5.41, 5.74) is 7.23. The summed E-state index contributed by atoms with van der Waals surface area (Å²) in [6.45, 7) is 7.34. The minimum absolute atomic E-state index is 0.000939. The lowest BCUT2D eigenvalue weighted by Gasteiger charge is -2.30. The molecule has 6 unspecified atom stereocenters. The standard InChI is InChI=1S/C28H41NO8/c1-16-10-20-13-21(30)15-22(14-20)36-27(32)17(2)8-7-9-23(34-5)26(37-28(29)33)19(4)12-18(3)25(31)24(11-16)35-6/h8,12-16,18,23-26,30-31H,7,9-11H2,1-6H3,(H2,29,33)/b17-8+,19-12-. The number of ether oxygens (including phenoxy) is 4. The molecule has 4 N–H and O–H groups in total. The summed E-state index contributed by atoms with van der Waals surface area (Å²) in [5, 5.41) is 21.3. The van der Waals surface area contributed by atoms with Crippen molar-refractivity contribution in [3.63, 3.8) is 0 Å². The highest BCUT2D eigenvalue weighted by atomic mass is 16.6. The summed E-state index contributed by atoms with van der Waals surface area (Å²) < 4.78 is 22.2. The highest BCUT2D eigenvalue weighted by molar-refractivity contribution is 5.89. The number of carbonyl (C=O) groups excluding carboxylic acids is 2. The molecule has 9 nitrogen and oxygen atoms in total. The lowest BCUT2D eigenvalue weighted by atomic mass is 9.88. The van der Waals surface area contributed by atoms with Gasteiger partial charge in [-0.05, 0) is 68.7 Å². The van der Waals surface area contributed by atoms with Crippen LogP contribution in [0.25, 0.3) is 0 Å². The van der Waals surface area contributed by atoms with Gasteiger partial charge in [0, 0.05) is 31.8 Å². The molecule has 1 aromatic rings. The van der Waals surface area contributed by atoms with Gasteiger partial charge < -0.3 is 34.9 Å². The third kappa shape index (κ3) is 9.18. The van der Waals surface area contributed by atoms with Gasteiger partial charge in [0.2, 0.25) is 0 Å². The van der Waals surface area contributed by atoms with Gasteiger partial charge in [0.05, 0.1) is 18.3 Å². The normalized spacial score (nSPS) is 31.4. The Hall–Kier alpha value is -2.88. The van der Waals surface area contributed by atoms with Crippen molar-refractivity contribution in [1.29, 1.82) is 0 Å². The van der Waals surface area contributed by atoms with E-state index in [4.69, 9.17) is 24.7 Å². The first kappa shape index (κ1) is 30.3. The molecule has 1 aliphatic rings. The summed E-state index contributed by atoms with van der Waals surface area (Å²) in [7, 11) is 3.07. The predicted molar refractivity (Wildman–Crippen MR) is 139 cm³/mol. The van der Waals surface area contributed by atoms with E-state index in [1.54, 1.807) is 39.2 Å². The smallest absolute Gasteiger partial charge is 0.405 e. The van der Waals surface area contributed by atoms with Gasteiger partial charge in [0.1, 0.15) is 11.5 Å². The number of hydrogen-bond acceptors (Lipinski definition) is 8. The predicted octanol–water partition coefficient (Wildman–Crippen LogP) is 4.04. The average molecular weight is 520 g/mol. The number of primary amides is 1. The number of amides is 1. The summed E-state index contributed by atoms with van der Waals surface area (Å²) in [5.74, 6) is -0.528. The van der Waals surface area contributed by atoms with Gasteiger partial charge in [-0.1, -0.05) is 26.0 Å². The molecule has 6 atom stereocenters. The largest absolute Gasteiger partial charge is 0.508 e. The van der Waals surface area contributed by atoms with E-state index in [9.17, 15) is 19.8 Å². The first-order valence-electron chi connectivity index (χ1n) is 12.5. The molecule has 0 spiro atoms. The quantitative estimate of drug-likeness (QED) is 0.309. The fourth-order valence-electron chi connectivity index (χ4n) is 4.74. The van der Waals surface area contributed by atoms with Crippen LogP contribution < -0.4 is 10.5 Å². The molecule has 0 fully saturated rings. The molecular formula is C28H41NO8. The van der Waals surface area contributed by atoms with E-state index in [0.717, 1.165) is 5.56 Å². The maximum atomic E-state index is 12.7. The van der Waals surface area contributed by atoms with E-state index in [1.807, 2.05) is 19.9 Å². The fraction of sp³-hybridized carbons (Fsp3) is 0.571. The molecule has 0 saturated heterocycles. The number of allylic oxidation sites excluding steroid dienone is 1. The van der Waals surface area contributed by atoms with Gasteiger partial charge in [-0.15, -0.1) is 0 Å². The Morgan fingerprint density at radius 3 is 2.41 bits per heavy atom. The van der Waals surface area contributed by atoms with Gasteiger partial charge in [-0.2, -0.15) is 0 Å². The molecule has 9 heteroatoms. The number of aromatic hydroxyl groups is 1. The molecule has 1 aromatic carbocycles. The van der Waals surface area contributed by atoms with E-state index < -0.39 is 36.5 Å². The SMILES string of the molecule is COC1CC/C=C(\C)C(=O)Oc2cc(O)cc(c2)CC(C)CC(OC)C(O)C(C)/C=C(/C)C1OC(N)=O. The number of aliphatic hydroxyl groups is 1. The number of phenolic OH excluding ortho intramolecular Hbond substituents is 1. The number of nitrogens with two attached hydrogens (primary N) is 1. The molecule has 0 saturated carbocycles. The average Bonchev–Trinajstić information content (AvgIpc) is 2.82. The van der Waals surface area contributed by atoms with Crippen LogP contribution in [0.4, 0.5) is 4.79 Å². The molecule has 2 rings (SSSR count). The van der Waals surface area contributed by atoms with Gasteiger partial charge in [-0.3, -0.25) is 0 Å². The second-order valence-electron chi connectivity index (χ2n) is 9.90. The van der Waals surface area contributed by atoms with E-state index in [-0.39, 0.29) is 23.3 Å². The monoisotopic (exact) mass is 519 g/mol. The zero-order valence-electron chi connectivity index (χ0n) is 22.6. The molecule has 1 aliphatic heterocycles. The van der Waals surface area contributed by atoms with Crippen molar-refractivity contribution in [2.75, 3.05) is 14.2 Å². The van der Waals surface area contributed by atoms with Crippen molar-refractivity contribution in [2.24, 2.45) is 17.6 Å². The van der Waals surface area contributed by atoms with Gasteiger partial charge in [0.25, 0.3) is 0 Å². The second-order valence-corrected chi connectivity index (χ2v) is 9.90. The molecule has 206 valence electrons. The number of hydrogen-bond donors (Lipinski definition) is 3. The molecule has 37 heavy (non-hydrogen) atoms. The summed E-state index contributed by atoms with van der Waals surface area (Å²) in [6.07, 6.45) is 2.02. The maximum Gasteiger partial charge on any atom is 0.405 e. The molecule has 1 amide bonds. The molecule has 0 radical (unpaired) electrons. The van der Waals surface area contributed by atoms with Gasteiger partial charge >= 0.3 is 12.1 Å². The van der Waals surface area contributed by atoms with Crippen LogP contribution in [0.2, 0.25) is 0 Å². The van der Waals surface area contributed by atoms with Gasteiger partial charge in [0.15, 0.2) is 6.10 Å². The Morgan fingerprint density at radius 2 is 1.78 bits per heavy atom. The van der Waals surface area contributed by atoms with Crippen molar-refractivity contribution < 1.29 is 38.7 Å². The number of methoxy groups -OCH3 is 2. The topological polar surface area (TPSA) is 138 Å². The number of aliphatic hydroxyl groups excluding tert-OH is 1. The van der Waals surface area contributed by atoms with Crippen molar-refractivity contribution in [3.8, 4) is 11.5 Å². The van der Waals surface area contributed by atoms with Crippen LogP contribution in [-0.2, 0) is 25.4 Å². The number of carbonyl (C=O) groups is 2. The van der Waals surface area contributed by atoms with Crippen LogP contribution in [0.15, 0.2) is 41.5 Å². The van der Waals surface area contributed by atoms with Gasteiger partial charge in [-0.25, -0.2) is 9.59 Å². The van der Waals surface area contributed by atoms with Crippen molar-refractivity contribution in [2.45, 2.75) is 77.8 Å². The zero-order valence-corrected chi connectivity index (χ0v) is 22.6. The first-order valence-corrected chi connectivity index (χ1v) is 12.5. The van der Waals surface area contributed by atoms with Crippen LogP contribution in [0.5, 0.6) is 11.5 Å². The third-order valence-electron chi connectivity index (χ3n) is 6.68. The molecule has 0 aromatic heterocycles. The zero-order chi connectivity index (χ0) is 27.7.